The summed E-state index contributed by atoms with van der Waals surface area (Å²) in [4.78, 5) is 21.8. The fourth-order valence-corrected chi connectivity index (χ4v) is 2.62. The van der Waals surface area contributed by atoms with Gasteiger partial charge in [0.05, 0.1) is 19.1 Å². The number of aromatic nitrogens is 3. The second-order valence-corrected chi connectivity index (χ2v) is 6.12. The summed E-state index contributed by atoms with van der Waals surface area (Å²) in [5, 5.41) is 12.8. The van der Waals surface area contributed by atoms with E-state index in [1.165, 1.54) is 6.33 Å². The molecule has 3 N–H and O–H groups in total. The van der Waals surface area contributed by atoms with E-state index >= 15 is 0 Å². The molecule has 0 aliphatic heterocycles. The molecule has 0 radical (unpaired) electrons. The van der Waals surface area contributed by atoms with Crippen molar-refractivity contribution < 1.29 is 9.52 Å². The Labute approximate surface area is 166 Å². The van der Waals surface area contributed by atoms with Crippen molar-refractivity contribution in [2.24, 2.45) is 0 Å². The van der Waals surface area contributed by atoms with E-state index < -0.39 is 5.56 Å². The first-order chi connectivity index (χ1) is 14.2. The summed E-state index contributed by atoms with van der Waals surface area (Å²) in [5.74, 6) is 6.44. The van der Waals surface area contributed by atoms with Crippen LogP contribution in [0.3, 0.4) is 0 Å². The molecule has 0 aliphatic rings. The summed E-state index contributed by atoms with van der Waals surface area (Å²) >= 11 is 0. The van der Waals surface area contributed by atoms with Crippen LogP contribution < -0.4 is 10.9 Å². The van der Waals surface area contributed by atoms with Crippen molar-refractivity contribution in [3.63, 3.8) is 0 Å². The van der Waals surface area contributed by atoms with E-state index in [0.717, 1.165) is 22.4 Å². The molecule has 4 rings (SSSR count). The van der Waals surface area contributed by atoms with Crippen LogP contribution in [0.15, 0.2) is 76.5 Å². The highest BCUT2D eigenvalue weighted by Crippen LogP contribution is 2.17. The van der Waals surface area contributed by atoms with Gasteiger partial charge in [0.1, 0.15) is 12.0 Å². The lowest BCUT2D eigenvalue weighted by molar-refractivity contribution is 0.455. The number of hydrogen-bond donors (Lipinski definition) is 3. The second kappa shape index (κ2) is 8.15. The summed E-state index contributed by atoms with van der Waals surface area (Å²) < 4.78 is 5.27. The third-order valence-electron chi connectivity index (χ3n) is 4.16. The Bertz CT molecular complexity index is 1220. The van der Waals surface area contributed by atoms with Gasteiger partial charge in [-0.25, -0.2) is 9.97 Å². The maximum atomic E-state index is 11.4. The average molecular weight is 384 g/mol. The Hall–Kier alpha value is -4.31. The van der Waals surface area contributed by atoms with Gasteiger partial charge in [-0.05, 0) is 48.5 Å². The van der Waals surface area contributed by atoms with Crippen LogP contribution in [0.2, 0.25) is 0 Å². The topological polar surface area (TPSA) is 104 Å². The fourth-order valence-electron chi connectivity index (χ4n) is 2.62. The lowest BCUT2D eigenvalue weighted by atomic mass is 10.1. The molecule has 2 aromatic heterocycles. The largest absolute Gasteiger partial charge is 0.502 e. The smallest absolute Gasteiger partial charge is 0.293 e. The van der Waals surface area contributed by atoms with Crippen LogP contribution in [-0.4, -0.2) is 20.1 Å². The van der Waals surface area contributed by atoms with Crippen molar-refractivity contribution in [3.8, 4) is 29.0 Å². The summed E-state index contributed by atoms with van der Waals surface area (Å²) in [6.07, 6.45) is 4.41. The number of nitrogens with zero attached hydrogens (tertiary/aromatic N) is 2. The maximum Gasteiger partial charge on any atom is 0.293 e. The van der Waals surface area contributed by atoms with Crippen molar-refractivity contribution >= 4 is 5.69 Å². The quantitative estimate of drug-likeness (QED) is 0.467. The molecule has 0 amide bonds. The van der Waals surface area contributed by atoms with Gasteiger partial charge in [-0.15, -0.1) is 0 Å². The summed E-state index contributed by atoms with van der Waals surface area (Å²) in [6, 6.07) is 15.2. The Balaban J connectivity index is 1.40. The number of oxazole rings is 1. The summed E-state index contributed by atoms with van der Waals surface area (Å²) in [7, 11) is 0. The Morgan fingerprint density at radius 1 is 1.00 bits per heavy atom. The van der Waals surface area contributed by atoms with Crippen molar-refractivity contribution in [1.82, 2.24) is 15.0 Å². The lowest BCUT2D eigenvalue weighted by Crippen LogP contribution is -2.11. The van der Waals surface area contributed by atoms with Gasteiger partial charge in [-0.3, -0.25) is 4.79 Å². The van der Waals surface area contributed by atoms with Gasteiger partial charge in [-0.2, -0.15) is 0 Å². The molecule has 4 aromatic rings. The Morgan fingerprint density at radius 3 is 2.34 bits per heavy atom. The predicted octanol–water partition coefficient (Wildman–Crippen LogP) is 3.14. The maximum absolute atomic E-state index is 11.4. The molecule has 0 atom stereocenters. The molecular formula is C22H16N4O3. The van der Waals surface area contributed by atoms with Crippen molar-refractivity contribution in [3.05, 3.63) is 94.5 Å². The first kappa shape index (κ1) is 18.1. The lowest BCUT2D eigenvalue weighted by Gasteiger charge is -2.06. The Kier molecular flexibility index (Phi) is 5.08. The first-order valence-corrected chi connectivity index (χ1v) is 8.80. The van der Waals surface area contributed by atoms with Crippen LogP contribution in [0.1, 0.15) is 16.8 Å². The number of hydrogen-bond acceptors (Lipinski definition) is 6. The highest BCUT2D eigenvalue weighted by molar-refractivity contribution is 5.56. The van der Waals surface area contributed by atoms with Crippen molar-refractivity contribution in [2.75, 3.05) is 5.32 Å². The van der Waals surface area contributed by atoms with Gasteiger partial charge in [0, 0.05) is 22.4 Å². The predicted molar refractivity (Wildman–Crippen MR) is 108 cm³/mol. The summed E-state index contributed by atoms with van der Waals surface area (Å²) in [5.41, 5.74) is 3.20. The molecule has 7 heteroatoms. The van der Waals surface area contributed by atoms with Gasteiger partial charge in [0.2, 0.25) is 11.6 Å². The standard InChI is InChI=1S/C22H16N4O3/c27-20-19(25-14-26-21(20)28)13-24-18-9-5-16(6-10-18)2-1-15-3-7-17(8-4-15)22-23-11-12-29-22/h3-12,14,24,27H,13H2,(H,25,26,28). The minimum atomic E-state index is -0.559. The Morgan fingerprint density at radius 2 is 1.69 bits per heavy atom. The highest BCUT2D eigenvalue weighted by atomic mass is 16.3. The van der Waals surface area contributed by atoms with Crippen LogP contribution in [0.4, 0.5) is 5.69 Å². The third kappa shape index (κ3) is 4.34. The molecule has 2 aromatic carbocycles. The van der Waals surface area contributed by atoms with E-state index in [2.05, 4.69) is 32.1 Å². The van der Waals surface area contributed by atoms with Gasteiger partial charge >= 0.3 is 0 Å². The van der Waals surface area contributed by atoms with E-state index in [1.807, 2.05) is 48.5 Å². The molecule has 2 heterocycles. The first-order valence-electron chi connectivity index (χ1n) is 8.80. The van der Waals surface area contributed by atoms with E-state index in [9.17, 15) is 9.90 Å². The van der Waals surface area contributed by atoms with E-state index in [1.54, 1.807) is 12.5 Å². The van der Waals surface area contributed by atoms with Crippen molar-refractivity contribution in [2.45, 2.75) is 6.54 Å². The molecule has 0 spiro atoms. The van der Waals surface area contributed by atoms with E-state index in [-0.39, 0.29) is 18.0 Å². The van der Waals surface area contributed by atoms with E-state index in [0.29, 0.717) is 5.89 Å². The minimum Gasteiger partial charge on any atom is -0.502 e. The number of H-pyrrole nitrogens is 1. The molecule has 0 unspecified atom stereocenters. The van der Waals surface area contributed by atoms with Crippen molar-refractivity contribution in [1.29, 1.82) is 0 Å². The molecule has 0 saturated carbocycles. The fraction of sp³-hybridized carbons (Fsp3) is 0.0455. The van der Waals surface area contributed by atoms with Crippen LogP contribution in [-0.2, 0) is 6.54 Å². The third-order valence-corrected chi connectivity index (χ3v) is 4.16. The SMILES string of the molecule is O=c1[nH]cnc(CNc2ccc(C#Cc3ccc(-c4ncco4)cc3)cc2)c1O. The molecule has 142 valence electrons. The van der Waals surface area contributed by atoms with Gasteiger partial charge in [0.15, 0.2) is 0 Å². The van der Waals surface area contributed by atoms with Crippen LogP contribution in [0, 0.1) is 11.8 Å². The molecule has 0 saturated heterocycles. The molecule has 0 fully saturated rings. The number of nitrogens with one attached hydrogen (secondary N) is 2. The van der Waals surface area contributed by atoms with Crippen LogP contribution >= 0.6 is 0 Å². The van der Waals surface area contributed by atoms with Crippen LogP contribution in [0.5, 0.6) is 5.75 Å². The van der Waals surface area contributed by atoms with Gasteiger partial charge in [0.25, 0.3) is 5.56 Å². The number of aromatic amines is 1. The average Bonchev–Trinajstić information content (AvgIpc) is 3.29. The van der Waals surface area contributed by atoms with Crippen LogP contribution in [0.25, 0.3) is 11.5 Å². The number of benzene rings is 2. The summed E-state index contributed by atoms with van der Waals surface area (Å²) in [6.45, 7) is 0.234. The number of anilines is 1. The zero-order chi connectivity index (χ0) is 20.1. The molecule has 7 nitrogen and oxygen atoms in total. The molecular weight excluding hydrogens is 368 g/mol. The molecule has 0 bridgehead atoms. The minimum absolute atomic E-state index is 0.234. The molecule has 0 aliphatic carbocycles. The highest BCUT2D eigenvalue weighted by Gasteiger charge is 2.06. The zero-order valence-electron chi connectivity index (χ0n) is 15.2. The number of aromatic hydroxyl groups is 1. The number of rotatable bonds is 4. The second-order valence-electron chi connectivity index (χ2n) is 6.12. The van der Waals surface area contributed by atoms with E-state index in [4.69, 9.17) is 4.42 Å². The van der Waals surface area contributed by atoms with Gasteiger partial charge in [-0.1, -0.05) is 11.8 Å². The monoisotopic (exact) mass is 384 g/mol. The van der Waals surface area contributed by atoms with Gasteiger partial charge < -0.3 is 19.8 Å². The zero-order valence-corrected chi connectivity index (χ0v) is 15.2. The normalized spacial score (nSPS) is 10.2. The molecule has 29 heavy (non-hydrogen) atoms.